The van der Waals surface area contributed by atoms with Crippen LogP contribution in [0.15, 0.2) is 10.7 Å². The molecule has 1 aliphatic heterocycles. The summed E-state index contributed by atoms with van der Waals surface area (Å²) in [5, 5.41) is 8.91. The summed E-state index contributed by atoms with van der Waals surface area (Å²) in [7, 11) is 0. The van der Waals surface area contributed by atoms with Crippen molar-refractivity contribution >= 4 is 6.01 Å². The molecule has 2 rings (SSSR count). The van der Waals surface area contributed by atoms with Gasteiger partial charge in [-0.3, -0.25) is 4.90 Å². The second-order valence-electron chi connectivity index (χ2n) is 4.11. The summed E-state index contributed by atoms with van der Waals surface area (Å²) in [6.45, 7) is 7.33. The van der Waals surface area contributed by atoms with Crippen molar-refractivity contribution in [2.24, 2.45) is 0 Å². The molecule has 1 fully saturated rings. The first-order valence-corrected chi connectivity index (χ1v) is 5.86. The van der Waals surface area contributed by atoms with Crippen LogP contribution in [0.1, 0.15) is 19.0 Å². The minimum atomic E-state index is -0.0563. The van der Waals surface area contributed by atoms with Gasteiger partial charge in [-0.1, -0.05) is 6.92 Å². The molecule has 16 heavy (non-hydrogen) atoms. The summed E-state index contributed by atoms with van der Waals surface area (Å²) in [4.78, 5) is 8.80. The fourth-order valence-corrected chi connectivity index (χ4v) is 1.99. The number of aliphatic hydroxyl groups is 1. The van der Waals surface area contributed by atoms with E-state index < -0.39 is 0 Å². The summed E-state index contributed by atoms with van der Waals surface area (Å²) >= 11 is 0. The fraction of sp³-hybridized carbons (Fsp3) is 0.727. The third-order valence-electron chi connectivity index (χ3n) is 2.88. The number of aliphatic hydroxyl groups excluding tert-OH is 1. The molecule has 1 aromatic heterocycles. The van der Waals surface area contributed by atoms with E-state index in [1.165, 1.54) is 19.2 Å². The average molecular weight is 225 g/mol. The maximum Gasteiger partial charge on any atom is 0.297 e. The SMILES string of the molecule is CCCN1CCN(c2nc(CO)co2)CC1. The number of hydrogen-bond donors (Lipinski definition) is 1. The Labute approximate surface area is 95.7 Å². The van der Waals surface area contributed by atoms with Crippen LogP contribution in [-0.2, 0) is 6.61 Å². The Morgan fingerprint density at radius 2 is 2.12 bits per heavy atom. The molecule has 1 aliphatic rings. The van der Waals surface area contributed by atoms with Crippen molar-refractivity contribution in [2.45, 2.75) is 20.0 Å². The molecule has 90 valence electrons. The zero-order valence-corrected chi connectivity index (χ0v) is 9.72. The summed E-state index contributed by atoms with van der Waals surface area (Å²) in [5.41, 5.74) is 0.603. The fourth-order valence-electron chi connectivity index (χ4n) is 1.99. The van der Waals surface area contributed by atoms with Crippen LogP contribution in [0.2, 0.25) is 0 Å². The monoisotopic (exact) mass is 225 g/mol. The standard InChI is InChI=1S/C11H19N3O2/c1-2-3-13-4-6-14(7-5-13)11-12-10(8-15)9-16-11/h9,15H,2-8H2,1H3. The predicted octanol–water partition coefficient (Wildman–Crippen LogP) is 0.699. The molecule has 0 amide bonds. The zero-order chi connectivity index (χ0) is 11.4. The van der Waals surface area contributed by atoms with Crippen LogP contribution in [0.5, 0.6) is 0 Å². The second-order valence-corrected chi connectivity index (χ2v) is 4.11. The van der Waals surface area contributed by atoms with Crippen LogP contribution in [0.25, 0.3) is 0 Å². The lowest BCUT2D eigenvalue weighted by Gasteiger charge is -2.33. The molecule has 2 heterocycles. The Kier molecular flexibility index (Phi) is 3.79. The number of anilines is 1. The van der Waals surface area contributed by atoms with Gasteiger partial charge < -0.3 is 14.4 Å². The van der Waals surface area contributed by atoms with Gasteiger partial charge >= 0.3 is 0 Å². The lowest BCUT2D eigenvalue weighted by Crippen LogP contribution is -2.46. The molecule has 0 spiro atoms. The summed E-state index contributed by atoms with van der Waals surface area (Å²) in [6.07, 6.45) is 2.72. The molecule has 1 N–H and O–H groups in total. The summed E-state index contributed by atoms with van der Waals surface area (Å²) in [6, 6.07) is 0.639. The van der Waals surface area contributed by atoms with Gasteiger partial charge in [-0.25, -0.2) is 0 Å². The minimum Gasteiger partial charge on any atom is -0.432 e. The highest BCUT2D eigenvalue weighted by Crippen LogP contribution is 2.15. The highest BCUT2D eigenvalue weighted by atomic mass is 16.4. The maximum atomic E-state index is 8.91. The van der Waals surface area contributed by atoms with Gasteiger partial charge in [-0.2, -0.15) is 4.98 Å². The van der Waals surface area contributed by atoms with Crippen molar-refractivity contribution in [1.82, 2.24) is 9.88 Å². The van der Waals surface area contributed by atoms with E-state index in [-0.39, 0.29) is 6.61 Å². The Hall–Kier alpha value is -1.07. The van der Waals surface area contributed by atoms with Crippen LogP contribution >= 0.6 is 0 Å². The van der Waals surface area contributed by atoms with E-state index in [0.717, 1.165) is 26.2 Å². The van der Waals surface area contributed by atoms with Gasteiger partial charge in [0.25, 0.3) is 6.01 Å². The topological polar surface area (TPSA) is 52.7 Å². The number of nitrogens with zero attached hydrogens (tertiary/aromatic N) is 3. The number of oxazole rings is 1. The first-order valence-electron chi connectivity index (χ1n) is 5.86. The number of hydrogen-bond acceptors (Lipinski definition) is 5. The highest BCUT2D eigenvalue weighted by Gasteiger charge is 2.19. The van der Waals surface area contributed by atoms with Crippen molar-refractivity contribution in [3.63, 3.8) is 0 Å². The minimum absolute atomic E-state index is 0.0563. The molecule has 0 aliphatic carbocycles. The normalized spacial score (nSPS) is 18.0. The molecule has 0 aromatic carbocycles. The smallest absolute Gasteiger partial charge is 0.297 e. The van der Waals surface area contributed by atoms with Crippen molar-refractivity contribution in [3.8, 4) is 0 Å². The maximum absolute atomic E-state index is 8.91. The molecule has 0 saturated carbocycles. The lowest BCUT2D eigenvalue weighted by atomic mass is 10.3. The van der Waals surface area contributed by atoms with Crippen LogP contribution in [-0.4, -0.2) is 47.7 Å². The Morgan fingerprint density at radius 1 is 1.38 bits per heavy atom. The third-order valence-corrected chi connectivity index (χ3v) is 2.88. The highest BCUT2D eigenvalue weighted by molar-refractivity contribution is 5.27. The first kappa shape index (κ1) is 11.4. The Balaban J connectivity index is 1.88. The van der Waals surface area contributed by atoms with Crippen LogP contribution < -0.4 is 4.90 Å². The van der Waals surface area contributed by atoms with Crippen LogP contribution in [0.4, 0.5) is 6.01 Å². The number of rotatable bonds is 4. The molecular formula is C11H19N3O2. The summed E-state index contributed by atoms with van der Waals surface area (Å²) in [5.74, 6) is 0. The molecule has 0 unspecified atom stereocenters. The Morgan fingerprint density at radius 3 is 2.69 bits per heavy atom. The van der Waals surface area contributed by atoms with Gasteiger partial charge in [0.1, 0.15) is 12.0 Å². The molecule has 5 nitrogen and oxygen atoms in total. The van der Waals surface area contributed by atoms with Gasteiger partial charge in [0.15, 0.2) is 0 Å². The molecule has 0 bridgehead atoms. The van der Waals surface area contributed by atoms with Crippen LogP contribution in [0.3, 0.4) is 0 Å². The molecule has 0 atom stereocenters. The van der Waals surface area contributed by atoms with Gasteiger partial charge in [0, 0.05) is 26.2 Å². The number of aromatic nitrogens is 1. The predicted molar refractivity (Wildman–Crippen MR) is 61.4 cm³/mol. The molecular weight excluding hydrogens is 206 g/mol. The summed E-state index contributed by atoms with van der Waals surface area (Å²) < 4.78 is 5.33. The van der Waals surface area contributed by atoms with E-state index in [4.69, 9.17) is 9.52 Å². The molecule has 1 aromatic rings. The van der Waals surface area contributed by atoms with E-state index in [1.54, 1.807) is 0 Å². The van der Waals surface area contributed by atoms with Crippen LogP contribution in [0, 0.1) is 0 Å². The first-order chi connectivity index (χ1) is 7.83. The number of piperazine rings is 1. The molecule has 5 heteroatoms. The zero-order valence-electron chi connectivity index (χ0n) is 9.72. The quantitative estimate of drug-likeness (QED) is 0.817. The van der Waals surface area contributed by atoms with E-state index >= 15 is 0 Å². The lowest BCUT2D eigenvalue weighted by molar-refractivity contribution is 0.253. The van der Waals surface area contributed by atoms with Gasteiger partial charge in [0.2, 0.25) is 0 Å². The van der Waals surface area contributed by atoms with Gasteiger partial charge in [0.05, 0.1) is 6.61 Å². The average Bonchev–Trinajstić information content (AvgIpc) is 2.79. The largest absolute Gasteiger partial charge is 0.432 e. The van der Waals surface area contributed by atoms with E-state index in [2.05, 4.69) is 21.7 Å². The molecule has 1 saturated heterocycles. The van der Waals surface area contributed by atoms with E-state index in [9.17, 15) is 0 Å². The van der Waals surface area contributed by atoms with Gasteiger partial charge in [-0.05, 0) is 13.0 Å². The Bertz CT molecular complexity index is 319. The third kappa shape index (κ3) is 2.54. The van der Waals surface area contributed by atoms with Crippen molar-refractivity contribution in [3.05, 3.63) is 12.0 Å². The van der Waals surface area contributed by atoms with Crippen molar-refractivity contribution in [1.29, 1.82) is 0 Å². The second kappa shape index (κ2) is 5.32. The molecule has 0 radical (unpaired) electrons. The van der Waals surface area contributed by atoms with E-state index in [1.807, 2.05) is 0 Å². The van der Waals surface area contributed by atoms with Crippen molar-refractivity contribution < 1.29 is 9.52 Å². The van der Waals surface area contributed by atoms with Gasteiger partial charge in [-0.15, -0.1) is 0 Å². The van der Waals surface area contributed by atoms with E-state index in [0.29, 0.717) is 11.7 Å². The van der Waals surface area contributed by atoms with Crippen molar-refractivity contribution in [2.75, 3.05) is 37.6 Å².